The van der Waals surface area contributed by atoms with E-state index in [1.165, 1.54) is 12.1 Å². The topological polar surface area (TPSA) is 32.3 Å². The van der Waals surface area contributed by atoms with E-state index >= 15 is 0 Å². The van der Waals surface area contributed by atoms with Crippen molar-refractivity contribution >= 4 is 29.0 Å². The van der Waals surface area contributed by atoms with E-state index in [-0.39, 0.29) is 11.2 Å². The molecule has 126 valence electrons. The van der Waals surface area contributed by atoms with Gasteiger partial charge in [-0.2, -0.15) is 0 Å². The average molecular weight is 340 g/mol. The van der Waals surface area contributed by atoms with Crippen molar-refractivity contribution in [1.29, 1.82) is 0 Å². The zero-order chi connectivity index (χ0) is 16.9. The first-order chi connectivity index (χ1) is 11.6. The first kappa shape index (κ1) is 16.9. The average Bonchev–Trinajstić information content (AvgIpc) is 3.03. The van der Waals surface area contributed by atoms with Crippen LogP contribution in [0.15, 0.2) is 59.5 Å². The fraction of sp³-hybridized carbons (Fsp3) is 0.350. The first-order valence-electron chi connectivity index (χ1n) is 8.49. The van der Waals surface area contributed by atoms with Gasteiger partial charge in [-0.15, -0.1) is 11.8 Å². The molecular formula is C20H24N2OS. The van der Waals surface area contributed by atoms with Gasteiger partial charge in [0.25, 0.3) is 0 Å². The molecule has 4 heteroatoms. The van der Waals surface area contributed by atoms with Gasteiger partial charge < -0.3 is 10.2 Å². The van der Waals surface area contributed by atoms with E-state index < -0.39 is 0 Å². The highest BCUT2D eigenvalue weighted by atomic mass is 32.2. The maximum atomic E-state index is 12.4. The first-order valence-corrected chi connectivity index (χ1v) is 9.37. The van der Waals surface area contributed by atoms with Crippen LogP contribution in [0.1, 0.15) is 20.3 Å². The molecule has 0 bridgehead atoms. The van der Waals surface area contributed by atoms with Crippen LogP contribution < -0.4 is 10.2 Å². The lowest BCUT2D eigenvalue weighted by Crippen LogP contribution is -2.22. The van der Waals surface area contributed by atoms with Gasteiger partial charge >= 0.3 is 0 Å². The number of hydrogen-bond donors (Lipinski definition) is 1. The van der Waals surface area contributed by atoms with E-state index in [0.717, 1.165) is 29.6 Å². The summed E-state index contributed by atoms with van der Waals surface area (Å²) in [6.07, 6.45) is 1.26. The standard InChI is InChI=1S/C20H24N2OS/c1-15-12-13-22(14-15)18-10-8-17(9-11-18)21-20(23)16(2)24-19-6-4-3-5-7-19/h3-11,15-16H,12-14H2,1-2H3,(H,21,23). The second-order valence-corrected chi connectivity index (χ2v) is 7.86. The predicted octanol–water partition coefficient (Wildman–Crippen LogP) is 4.65. The molecule has 2 aromatic rings. The third-order valence-electron chi connectivity index (χ3n) is 4.35. The minimum atomic E-state index is -0.133. The number of carbonyl (C=O) groups excluding carboxylic acids is 1. The van der Waals surface area contributed by atoms with Crippen LogP contribution in [0.4, 0.5) is 11.4 Å². The molecule has 1 N–H and O–H groups in total. The molecule has 0 radical (unpaired) electrons. The molecule has 0 aliphatic carbocycles. The van der Waals surface area contributed by atoms with Crippen LogP contribution in [0.5, 0.6) is 0 Å². The van der Waals surface area contributed by atoms with Crippen molar-refractivity contribution in [2.24, 2.45) is 5.92 Å². The maximum absolute atomic E-state index is 12.4. The van der Waals surface area contributed by atoms with Gasteiger partial charge in [-0.25, -0.2) is 0 Å². The van der Waals surface area contributed by atoms with Gasteiger partial charge in [0.1, 0.15) is 0 Å². The van der Waals surface area contributed by atoms with Crippen LogP contribution in [0.25, 0.3) is 0 Å². The van der Waals surface area contributed by atoms with Gasteiger partial charge in [0.05, 0.1) is 5.25 Å². The number of thioether (sulfide) groups is 1. The molecule has 2 aromatic carbocycles. The summed E-state index contributed by atoms with van der Waals surface area (Å²) in [5, 5.41) is 2.88. The van der Waals surface area contributed by atoms with E-state index in [0.29, 0.717) is 0 Å². The van der Waals surface area contributed by atoms with Gasteiger partial charge in [0.15, 0.2) is 0 Å². The number of nitrogens with zero attached hydrogens (tertiary/aromatic N) is 1. The smallest absolute Gasteiger partial charge is 0.237 e. The summed E-state index contributed by atoms with van der Waals surface area (Å²) in [6, 6.07) is 18.2. The lowest BCUT2D eigenvalue weighted by atomic mass is 10.2. The minimum absolute atomic E-state index is 0.0337. The molecular weight excluding hydrogens is 316 g/mol. The van der Waals surface area contributed by atoms with E-state index in [9.17, 15) is 4.79 Å². The lowest BCUT2D eigenvalue weighted by molar-refractivity contribution is -0.115. The van der Waals surface area contributed by atoms with Gasteiger partial charge in [-0.3, -0.25) is 4.79 Å². The molecule has 1 fully saturated rings. The molecule has 1 aliphatic heterocycles. The van der Waals surface area contributed by atoms with Crippen LogP contribution in [0, 0.1) is 5.92 Å². The Kier molecular flexibility index (Phi) is 5.46. The summed E-state index contributed by atoms with van der Waals surface area (Å²) in [6.45, 7) is 6.47. The van der Waals surface area contributed by atoms with Gasteiger partial charge in [0.2, 0.25) is 5.91 Å². The molecule has 1 saturated heterocycles. The summed E-state index contributed by atoms with van der Waals surface area (Å²) >= 11 is 1.57. The molecule has 3 nitrogen and oxygen atoms in total. The van der Waals surface area contributed by atoms with Crippen LogP contribution in [0.3, 0.4) is 0 Å². The fourth-order valence-corrected chi connectivity index (χ4v) is 3.81. The Balaban J connectivity index is 1.56. The largest absolute Gasteiger partial charge is 0.371 e. The molecule has 2 unspecified atom stereocenters. The van der Waals surface area contributed by atoms with Crippen molar-refractivity contribution in [2.45, 2.75) is 30.4 Å². The number of hydrogen-bond acceptors (Lipinski definition) is 3. The summed E-state index contributed by atoms with van der Waals surface area (Å²) in [7, 11) is 0. The summed E-state index contributed by atoms with van der Waals surface area (Å²) < 4.78 is 0. The molecule has 0 saturated carbocycles. The van der Waals surface area contributed by atoms with E-state index in [1.807, 2.05) is 49.4 Å². The molecule has 0 aromatic heterocycles. The van der Waals surface area contributed by atoms with Crippen molar-refractivity contribution in [3.63, 3.8) is 0 Å². The Hall–Kier alpha value is -1.94. The number of benzene rings is 2. The normalized spacial score (nSPS) is 18.4. The van der Waals surface area contributed by atoms with Gasteiger partial charge in [-0.05, 0) is 55.7 Å². The molecule has 1 heterocycles. The lowest BCUT2D eigenvalue weighted by Gasteiger charge is -2.19. The highest BCUT2D eigenvalue weighted by Gasteiger charge is 2.19. The van der Waals surface area contributed by atoms with E-state index in [1.54, 1.807) is 11.8 Å². The SMILES string of the molecule is CC1CCN(c2ccc(NC(=O)C(C)Sc3ccccc3)cc2)C1. The third kappa shape index (κ3) is 4.32. The quantitative estimate of drug-likeness (QED) is 0.804. The molecule has 3 rings (SSSR count). The van der Waals surface area contributed by atoms with Crippen LogP contribution in [-0.4, -0.2) is 24.2 Å². The Morgan fingerprint density at radius 1 is 1.17 bits per heavy atom. The van der Waals surface area contributed by atoms with Crippen LogP contribution >= 0.6 is 11.8 Å². The van der Waals surface area contributed by atoms with Crippen LogP contribution in [-0.2, 0) is 4.79 Å². The van der Waals surface area contributed by atoms with E-state index in [4.69, 9.17) is 0 Å². The predicted molar refractivity (Wildman–Crippen MR) is 103 cm³/mol. The van der Waals surface area contributed by atoms with Crippen molar-refractivity contribution in [2.75, 3.05) is 23.3 Å². The zero-order valence-corrected chi connectivity index (χ0v) is 15.1. The summed E-state index contributed by atoms with van der Waals surface area (Å²) in [5.74, 6) is 0.798. The number of carbonyl (C=O) groups is 1. The van der Waals surface area contributed by atoms with Crippen molar-refractivity contribution in [3.05, 3.63) is 54.6 Å². The molecule has 1 amide bonds. The highest BCUT2D eigenvalue weighted by molar-refractivity contribution is 8.00. The van der Waals surface area contributed by atoms with Gasteiger partial charge in [0, 0.05) is 29.4 Å². The number of anilines is 2. The second kappa shape index (κ2) is 7.75. The number of rotatable bonds is 5. The number of nitrogens with one attached hydrogen (secondary N) is 1. The number of amides is 1. The minimum Gasteiger partial charge on any atom is -0.371 e. The maximum Gasteiger partial charge on any atom is 0.237 e. The Morgan fingerprint density at radius 3 is 2.50 bits per heavy atom. The Labute approximate surface area is 148 Å². The molecule has 0 spiro atoms. The highest BCUT2D eigenvalue weighted by Crippen LogP contribution is 2.26. The third-order valence-corrected chi connectivity index (χ3v) is 5.46. The van der Waals surface area contributed by atoms with Crippen molar-refractivity contribution < 1.29 is 4.79 Å². The summed E-state index contributed by atoms with van der Waals surface area (Å²) in [5.41, 5.74) is 2.10. The molecule has 1 aliphatic rings. The van der Waals surface area contributed by atoms with Crippen molar-refractivity contribution in [1.82, 2.24) is 0 Å². The van der Waals surface area contributed by atoms with Crippen molar-refractivity contribution in [3.8, 4) is 0 Å². The monoisotopic (exact) mass is 340 g/mol. The Morgan fingerprint density at radius 2 is 1.88 bits per heavy atom. The molecule has 2 atom stereocenters. The Bertz CT molecular complexity index is 672. The van der Waals surface area contributed by atoms with Gasteiger partial charge in [-0.1, -0.05) is 25.1 Å². The van der Waals surface area contributed by atoms with E-state index in [2.05, 4.69) is 29.3 Å². The summed E-state index contributed by atoms with van der Waals surface area (Å²) in [4.78, 5) is 15.9. The zero-order valence-electron chi connectivity index (χ0n) is 14.2. The van der Waals surface area contributed by atoms with Crippen LogP contribution in [0.2, 0.25) is 0 Å². The molecule has 24 heavy (non-hydrogen) atoms. The second-order valence-electron chi connectivity index (χ2n) is 6.45. The fourth-order valence-electron chi connectivity index (χ4n) is 2.93.